The number of carbonyl (C=O) groups is 2. The maximum atomic E-state index is 11.0. The maximum Gasteiger partial charge on any atom is 0.314 e. The van der Waals surface area contributed by atoms with Gasteiger partial charge in [0.05, 0.1) is 6.61 Å². The van der Waals surface area contributed by atoms with Gasteiger partial charge in [0.2, 0.25) is 0 Å². The van der Waals surface area contributed by atoms with Crippen molar-refractivity contribution in [2.24, 2.45) is 5.92 Å². The van der Waals surface area contributed by atoms with Gasteiger partial charge in [0, 0.05) is 6.61 Å². The van der Waals surface area contributed by atoms with Gasteiger partial charge < -0.3 is 9.84 Å². The predicted molar refractivity (Wildman–Crippen MR) is 62.5 cm³/mol. The van der Waals surface area contributed by atoms with E-state index >= 15 is 0 Å². The molecule has 0 aliphatic rings. The standard InChI is InChI=1S/C13H16O4/c1-10(14)12(13(15)16)7-8-17-9-11-5-3-2-4-6-11/h2-6,12H,7-9H2,1H3,(H,15,16). The van der Waals surface area contributed by atoms with Crippen molar-refractivity contribution in [3.8, 4) is 0 Å². The van der Waals surface area contributed by atoms with E-state index in [0.717, 1.165) is 5.56 Å². The third-order valence-corrected chi connectivity index (χ3v) is 2.45. The number of carboxylic acid groups (broad SMARTS) is 1. The number of benzene rings is 1. The van der Waals surface area contributed by atoms with E-state index in [2.05, 4.69) is 0 Å². The van der Waals surface area contributed by atoms with Gasteiger partial charge in [-0.2, -0.15) is 0 Å². The van der Waals surface area contributed by atoms with Gasteiger partial charge in [-0.3, -0.25) is 9.59 Å². The molecule has 4 nitrogen and oxygen atoms in total. The molecule has 0 radical (unpaired) electrons. The zero-order chi connectivity index (χ0) is 12.7. The van der Waals surface area contributed by atoms with Gasteiger partial charge in [-0.25, -0.2) is 0 Å². The lowest BCUT2D eigenvalue weighted by Gasteiger charge is -2.09. The van der Waals surface area contributed by atoms with Gasteiger partial charge in [-0.1, -0.05) is 30.3 Å². The molecule has 0 spiro atoms. The van der Waals surface area contributed by atoms with Crippen molar-refractivity contribution in [3.63, 3.8) is 0 Å². The molecule has 0 aliphatic heterocycles. The Hall–Kier alpha value is -1.68. The van der Waals surface area contributed by atoms with Crippen molar-refractivity contribution in [3.05, 3.63) is 35.9 Å². The van der Waals surface area contributed by atoms with E-state index in [1.54, 1.807) is 0 Å². The van der Waals surface area contributed by atoms with Crippen LogP contribution in [0.5, 0.6) is 0 Å². The first-order valence-electron chi connectivity index (χ1n) is 5.46. The monoisotopic (exact) mass is 236 g/mol. The van der Waals surface area contributed by atoms with Gasteiger partial charge in [0.15, 0.2) is 0 Å². The topological polar surface area (TPSA) is 63.6 Å². The van der Waals surface area contributed by atoms with Crippen molar-refractivity contribution >= 4 is 11.8 Å². The molecule has 1 aromatic carbocycles. The first-order valence-corrected chi connectivity index (χ1v) is 5.46. The number of hydrogen-bond acceptors (Lipinski definition) is 3. The molecule has 0 bridgehead atoms. The summed E-state index contributed by atoms with van der Waals surface area (Å²) in [4.78, 5) is 21.7. The average molecular weight is 236 g/mol. The molecule has 1 aromatic rings. The van der Waals surface area contributed by atoms with E-state index in [-0.39, 0.29) is 18.8 Å². The van der Waals surface area contributed by atoms with Crippen molar-refractivity contribution in [2.45, 2.75) is 20.0 Å². The fourth-order valence-corrected chi connectivity index (χ4v) is 1.47. The Labute approximate surface area is 100 Å². The second-order valence-electron chi connectivity index (χ2n) is 3.83. The highest BCUT2D eigenvalue weighted by atomic mass is 16.5. The summed E-state index contributed by atoms with van der Waals surface area (Å²) in [5, 5.41) is 8.78. The number of carboxylic acids is 1. The zero-order valence-electron chi connectivity index (χ0n) is 9.76. The Morgan fingerprint density at radius 1 is 1.29 bits per heavy atom. The van der Waals surface area contributed by atoms with E-state index in [4.69, 9.17) is 9.84 Å². The fraction of sp³-hybridized carbons (Fsp3) is 0.385. The van der Waals surface area contributed by atoms with Crippen molar-refractivity contribution < 1.29 is 19.4 Å². The number of hydrogen-bond donors (Lipinski definition) is 1. The summed E-state index contributed by atoms with van der Waals surface area (Å²) in [6, 6.07) is 9.60. The van der Waals surface area contributed by atoms with E-state index in [0.29, 0.717) is 6.61 Å². The molecule has 1 rings (SSSR count). The summed E-state index contributed by atoms with van der Waals surface area (Å²) in [7, 11) is 0. The quantitative estimate of drug-likeness (QED) is 0.580. The van der Waals surface area contributed by atoms with Crippen LogP contribution in [0, 0.1) is 5.92 Å². The lowest BCUT2D eigenvalue weighted by Crippen LogP contribution is -2.23. The van der Waals surface area contributed by atoms with E-state index in [1.165, 1.54) is 6.92 Å². The molecule has 1 unspecified atom stereocenters. The Morgan fingerprint density at radius 2 is 1.94 bits per heavy atom. The smallest absolute Gasteiger partial charge is 0.314 e. The van der Waals surface area contributed by atoms with Crippen LogP contribution in [-0.4, -0.2) is 23.5 Å². The maximum absolute atomic E-state index is 11.0. The van der Waals surface area contributed by atoms with Crippen LogP contribution < -0.4 is 0 Å². The van der Waals surface area contributed by atoms with E-state index in [1.807, 2.05) is 30.3 Å². The predicted octanol–water partition coefficient (Wildman–Crippen LogP) is 1.88. The van der Waals surface area contributed by atoms with Crippen LogP contribution in [0.4, 0.5) is 0 Å². The lowest BCUT2D eigenvalue weighted by molar-refractivity contribution is -0.146. The van der Waals surface area contributed by atoms with Crippen molar-refractivity contribution in [1.29, 1.82) is 0 Å². The highest BCUT2D eigenvalue weighted by Gasteiger charge is 2.21. The molecular formula is C13H16O4. The van der Waals surface area contributed by atoms with Crippen LogP contribution in [0.1, 0.15) is 18.9 Å². The highest BCUT2D eigenvalue weighted by Crippen LogP contribution is 2.07. The molecule has 92 valence electrons. The van der Waals surface area contributed by atoms with Gasteiger partial charge >= 0.3 is 5.97 Å². The summed E-state index contributed by atoms with van der Waals surface area (Å²) >= 11 is 0. The second kappa shape index (κ2) is 6.81. The molecular weight excluding hydrogens is 220 g/mol. The first-order chi connectivity index (χ1) is 8.11. The number of carbonyl (C=O) groups excluding carboxylic acids is 1. The third-order valence-electron chi connectivity index (χ3n) is 2.45. The molecule has 0 saturated heterocycles. The van der Waals surface area contributed by atoms with Crippen LogP contribution in [0.25, 0.3) is 0 Å². The molecule has 0 fully saturated rings. The third kappa shape index (κ3) is 4.78. The molecule has 4 heteroatoms. The highest BCUT2D eigenvalue weighted by molar-refractivity contribution is 5.96. The van der Waals surface area contributed by atoms with E-state index in [9.17, 15) is 9.59 Å². The Kier molecular flexibility index (Phi) is 5.36. The van der Waals surface area contributed by atoms with Gasteiger partial charge in [-0.05, 0) is 18.9 Å². The lowest BCUT2D eigenvalue weighted by atomic mass is 10.0. The van der Waals surface area contributed by atoms with Gasteiger partial charge in [-0.15, -0.1) is 0 Å². The summed E-state index contributed by atoms with van der Waals surface area (Å²) in [5.41, 5.74) is 1.03. The van der Waals surface area contributed by atoms with Crippen LogP contribution in [-0.2, 0) is 20.9 Å². The average Bonchev–Trinajstić information content (AvgIpc) is 2.29. The molecule has 0 amide bonds. The first kappa shape index (κ1) is 13.4. The summed E-state index contributed by atoms with van der Waals surface area (Å²) in [6.07, 6.45) is 0.220. The molecule has 1 atom stereocenters. The van der Waals surface area contributed by atoms with Crippen molar-refractivity contribution in [2.75, 3.05) is 6.61 Å². The van der Waals surface area contributed by atoms with Crippen LogP contribution in [0.2, 0.25) is 0 Å². The molecule has 0 heterocycles. The Balaban J connectivity index is 2.28. The Bertz CT molecular complexity index is 358. The molecule has 0 aromatic heterocycles. The van der Waals surface area contributed by atoms with Gasteiger partial charge in [0.1, 0.15) is 11.7 Å². The molecule has 0 saturated carbocycles. The summed E-state index contributed by atoms with van der Waals surface area (Å²) < 4.78 is 5.33. The number of ether oxygens (including phenoxy) is 1. The number of Topliss-reactive ketones (excluding diaryl/α,β-unsaturated/α-hetero) is 1. The van der Waals surface area contributed by atoms with E-state index < -0.39 is 11.9 Å². The minimum absolute atomic E-state index is 0.220. The molecule has 0 aliphatic carbocycles. The van der Waals surface area contributed by atoms with Gasteiger partial charge in [0.25, 0.3) is 0 Å². The molecule has 1 N–H and O–H groups in total. The SMILES string of the molecule is CC(=O)C(CCOCc1ccccc1)C(=O)O. The summed E-state index contributed by atoms with van der Waals surface area (Å²) in [5.74, 6) is -2.37. The minimum Gasteiger partial charge on any atom is -0.481 e. The number of ketones is 1. The largest absolute Gasteiger partial charge is 0.481 e. The minimum atomic E-state index is -1.08. The number of rotatable bonds is 7. The van der Waals surface area contributed by atoms with Crippen LogP contribution in [0.15, 0.2) is 30.3 Å². The fourth-order valence-electron chi connectivity index (χ4n) is 1.47. The number of aliphatic carboxylic acids is 1. The van der Waals surface area contributed by atoms with Crippen LogP contribution in [0.3, 0.4) is 0 Å². The Morgan fingerprint density at radius 3 is 2.47 bits per heavy atom. The molecule has 17 heavy (non-hydrogen) atoms. The summed E-state index contributed by atoms with van der Waals surface area (Å²) in [6.45, 7) is 1.99. The second-order valence-corrected chi connectivity index (χ2v) is 3.83. The van der Waals surface area contributed by atoms with Crippen LogP contribution >= 0.6 is 0 Å². The van der Waals surface area contributed by atoms with Crippen molar-refractivity contribution in [1.82, 2.24) is 0 Å². The zero-order valence-corrected chi connectivity index (χ0v) is 9.76. The normalized spacial score (nSPS) is 12.1.